The first-order chi connectivity index (χ1) is 9.50. The van der Waals surface area contributed by atoms with Gasteiger partial charge in [-0.25, -0.2) is 4.79 Å². The van der Waals surface area contributed by atoms with E-state index in [0.717, 1.165) is 6.42 Å². The van der Waals surface area contributed by atoms with Gasteiger partial charge in [0.15, 0.2) is 0 Å². The standard InChI is InChI=1S/C14H27N3O3/c1-17(14(19)20)9-5-8-16-13(18)12(15)10-11-6-3-2-4-7-11/h11-12H,2-10,15H2,1H3,(H,16,18)(H,19,20)/t12-/m0/s1. The molecule has 1 fully saturated rings. The Balaban J connectivity index is 2.13. The minimum atomic E-state index is -0.953. The highest BCUT2D eigenvalue weighted by Crippen LogP contribution is 2.26. The molecular weight excluding hydrogens is 258 g/mol. The molecule has 20 heavy (non-hydrogen) atoms. The lowest BCUT2D eigenvalue weighted by molar-refractivity contribution is -0.122. The lowest BCUT2D eigenvalue weighted by Crippen LogP contribution is -2.42. The average Bonchev–Trinajstić information content (AvgIpc) is 2.43. The van der Waals surface area contributed by atoms with Crippen molar-refractivity contribution < 1.29 is 14.7 Å². The molecule has 4 N–H and O–H groups in total. The third kappa shape index (κ3) is 6.23. The fourth-order valence-corrected chi connectivity index (χ4v) is 2.64. The van der Waals surface area contributed by atoms with Crippen molar-refractivity contribution in [2.24, 2.45) is 11.7 Å². The van der Waals surface area contributed by atoms with E-state index in [4.69, 9.17) is 10.8 Å². The fraction of sp³-hybridized carbons (Fsp3) is 0.857. The second-order valence-corrected chi connectivity index (χ2v) is 5.69. The van der Waals surface area contributed by atoms with Crippen LogP contribution in [0.4, 0.5) is 4.79 Å². The van der Waals surface area contributed by atoms with E-state index in [0.29, 0.717) is 25.4 Å². The highest BCUT2D eigenvalue weighted by atomic mass is 16.4. The van der Waals surface area contributed by atoms with Crippen LogP contribution in [0.25, 0.3) is 0 Å². The van der Waals surface area contributed by atoms with Gasteiger partial charge in [0.05, 0.1) is 6.04 Å². The maximum atomic E-state index is 11.8. The highest BCUT2D eigenvalue weighted by Gasteiger charge is 2.20. The van der Waals surface area contributed by atoms with Crippen molar-refractivity contribution in [1.82, 2.24) is 10.2 Å². The molecule has 1 atom stereocenters. The van der Waals surface area contributed by atoms with Crippen LogP contribution in [0.3, 0.4) is 0 Å². The summed E-state index contributed by atoms with van der Waals surface area (Å²) in [7, 11) is 1.51. The Labute approximate surface area is 120 Å². The number of carboxylic acid groups (broad SMARTS) is 1. The fourth-order valence-electron chi connectivity index (χ4n) is 2.64. The number of hydrogen-bond acceptors (Lipinski definition) is 3. The highest BCUT2D eigenvalue weighted by molar-refractivity contribution is 5.81. The number of nitrogens with one attached hydrogen (secondary N) is 1. The molecule has 0 radical (unpaired) electrons. The number of carbonyl (C=O) groups excluding carboxylic acids is 1. The van der Waals surface area contributed by atoms with Crippen LogP contribution in [0.15, 0.2) is 0 Å². The molecular formula is C14H27N3O3. The number of nitrogens with zero attached hydrogens (tertiary/aromatic N) is 1. The van der Waals surface area contributed by atoms with Crippen molar-refractivity contribution >= 4 is 12.0 Å². The normalized spacial score (nSPS) is 17.5. The molecule has 1 rings (SSSR count). The Kier molecular flexibility index (Phi) is 7.36. The Hall–Kier alpha value is -1.30. The first kappa shape index (κ1) is 16.8. The number of amides is 2. The van der Waals surface area contributed by atoms with Gasteiger partial charge in [0.1, 0.15) is 0 Å². The van der Waals surface area contributed by atoms with Gasteiger partial charge in [-0.1, -0.05) is 32.1 Å². The number of hydrogen-bond donors (Lipinski definition) is 3. The minimum Gasteiger partial charge on any atom is -0.465 e. The molecule has 1 aliphatic carbocycles. The van der Waals surface area contributed by atoms with Crippen LogP contribution in [0.5, 0.6) is 0 Å². The third-order valence-electron chi connectivity index (χ3n) is 3.94. The van der Waals surface area contributed by atoms with Crippen molar-refractivity contribution in [1.29, 1.82) is 0 Å². The summed E-state index contributed by atoms with van der Waals surface area (Å²) in [5, 5.41) is 11.5. The molecule has 1 aliphatic rings. The van der Waals surface area contributed by atoms with Gasteiger partial charge in [-0.3, -0.25) is 4.79 Å². The predicted octanol–water partition coefficient (Wildman–Crippen LogP) is 1.40. The molecule has 0 spiro atoms. The first-order valence-electron chi connectivity index (χ1n) is 7.48. The molecule has 0 unspecified atom stereocenters. The van der Waals surface area contributed by atoms with Gasteiger partial charge < -0.3 is 21.1 Å². The van der Waals surface area contributed by atoms with Crippen molar-refractivity contribution in [3.63, 3.8) is 0 Å². The lowest BCUT2D eigenvalue weighted by atomic mass is 9.85. The van der Waals surface area contributed by atoms with Crippen molar-refractivity contribution in [3.8, 4) is 0 Å². The van der Waals surface area contributed by atoms with Crippen LogP contribution in [-0.2, 0) is 4.79 Å². The molecule has 0 aromatic carbocycles. The smallest absolute Gasteiger partial charge is 0.407 e. The molecule has 0 aliphatic heterocycles. The molecule has 2 amide bonds. The van der Waals surface area contributed by atoms with Crippen LogP contribution >= 0.6 is 0 Å². The summed E-state index contributed by atoms with van der Waals surface area (Å²) in [5.41, 5.74) is 5.92. The van der Waals surface area contributed by atoms with E-state index in [-0.39, 0.29) is 5.91 Å². The maximum Gasteiger partial charge on any atom is 0.407 e. The van der Waals surface area contributed by atoms with E-state index in [1.807, 2.05) is 0 Å². The molecule has 0 saturated heterocycles. The van der Waals surface area contributed by atoms with Crippen molar-refractivity contribution in [2.75, 3.05) is 20.1 Å². The maximum absolute atomic E-state index is 11.8. The van der Waals surface area contributed by atoms with E-state index >= 15 is 0 Å². The summed E-state index contributed by atoms with van der Waals surface area (Å²) >= 11 is 0. The zero-order valence-electron chi connectivity index (χ0n) is 12.3. The van der Waals surface area contributed by atoms with Gasteiger partial charge >= 0.3 is 6.09 Å². The summed E-state index contributed by atoms with van der Waals surface area (Å²) in [6, 6.07) is -0.435. The van der Waals surface area contributed by atoms with E-state index < -0.39 is 12.1 Å². The van der Waals surface area contributed by atoms with E-state index in [9.17, 15) is 9.59 Å². The van der Waals surface area contributed by atoms with Gasteiger partial charge in [0, 0.05) is 20.1 Å². The summed E-state index contributed by atoms with van der Waals surface area (Å²) in [5.74, 6) is 0.469. The monoisotopic (exact) mass is 285 g/mol. The van der Waals surface area contributed by atoms with Crippen LogP contribution < -0.4 is 11.1 Å². The van der Waals surface area contributed by atoms with E-state index in [1.54, 1.807) is 0 Å². The SMILES string of the molecule is CN(CCCNC(=O)[C@@H](N)CC1CCCCC1)C(=O)O. The average molecular weight is 285 g/mol. The number of rotatable bonds is 7. The molecule has 6 heteroatoms. The molecule has 6 nitrogen and oxygen atoms in total. The number of carbonyl (C=O) groups is 2. The van der Waals surface area contributed by atoms with Crippen LogP contribution in [0, 0.1) is 5.92 Å². The molecule has 0 bridgehead atoms. The topological polar surface area (TPSA) is 95.7 Å². The predicted molar refractivity (Wildman–Crippen MR) is 77.4 cm³/mol. The summed E-state index contributed by atoms with van der Waals surface area (Å²) in [6.07, 6.45) is 6.58. The quantitative estimate of drug-likeness (QED) is 0.616. The molecule has 116 valence electrons. The van der Waals surface area contributed by atoms with Crippen LogP contribution in [-0.4, -0.2) is 48.2 Å². The molecule has 0 aromatic rings. The van der Waals surface area contributed by atoms with Gasteiger partial charge in [0.2, 0.25) is 5.91 Å². The first-order valence-corrected chi connectivity index (χ1v) is 7.48. The second-order valence-electron chi connectivity index (χ2n) is 5.69. The third-order valence-corrected chi connectivity index (χ3v) is 3.94. The molecule has 0 heterocycles. The van der Waals surface area contributed by atoms with Gasteiger partial charge in [-0.05, 0) is 18.8 Å². The zero-order valence-corrected chi connectivity index (χ0v) is 12.3. The van der Waals surface area contributed by atoms with Crippen LogP contribution in [0.2, 0.25) is 0 Å². The summed E-state index contributed by atoms with van der Waals surface area (Å²) in [4.78, 5) is 23.6. The molecule has 1 saturated carbocycles. The molecule has 0 aromatic heterocycles. The summed E-state index contributed by atoms with van der Waals surface area (Å²) in [6.45, 7) is 0.877. The van der Waals surface area contributed by atoms with Crippen molar-refractivity contribution in [2.45, 2.75) is 51.0 Å². The Morgan fingerprint density at radius 3 is 2.60 bits per heavy atom. The lowest BCUT2D eigenvalue weighted by Gasteiger charge is -2.24. The Morgan fingerprint density at radius 1 is 1.35 bits per heavy atom. The van der Waals surface area contributed by atoms with Gasteiger partial charge in [-0.2, -0.15) is 0 Å². The van der Waals surface area contributed by atoms with Gasteiger partial charge in [-0.15, -0.1) is 0 Å². The number of nitrogens with two attached hydrogens (primary N) is 1. The van der Waals surface area contributed by atoms with Crippen molar-refractivity contribution in [3.05, 3.63) is 0 Å². The van der Waals surface area contributed by atoms with Crippen LogP contribution in [0.1, 0.15) is 44.9 Å². The van der Waals surface area contributed by atoms with Gasteiger partial charge in [0.25, 0.3) is 0 Å². The Morgan fingerprint density at radius 2 is 2.00 bits per heavy atom. The zero-order chi connectivity index (χ0) is 15.0. The minimum absolute atomic E-state index is 0.117. The largest absolute Gasteiger partial charge is 0.465 e. The Bertz CT molecular complexity index is 317. The van der Waals surface area contributed by atoms with E-state index in [2.05, 4.69) is 5.32 Å². The van der Waals surface area contributed by atoms with E-state index in [1.165, 1.54) is 44.1 Å². The summed E-state index contributed by atoms with van der Waals surface area (Å²) < 4.78 is 0. The second kappa shape index (κ2) is 8.79.